The predicted molar refractivity (Wildman–Crippen MR) is 89.0 cm³/mol. The largest absolute Gasteiger partial charge is 0.454 e. The van der Waals surface area contributed by atoms with Crippen molar-refractivity contribution in [1.29, 1.82) is 0 Å². The minimum Gasteiger partial charge on any atom is -0.454 e. The van der Waals surface area contributed by atoms with Gasteiger partial charge in [0, 0.05) is 6.54 Å². The topological polar surface area (TPSA) is 50.8 Å². The standard InChI is InChI=1S/C17H17ClN2O3/c1-20(9-12-6-7-15-16(8-12)23-11-22-15)10-17(21)19-14-5-3-2-4-13(14)18/h2-8H,9-11H2,1H3,(H,19,21). The van der Waals surface area contributed by atoms with Gasteiger partial charge in [0.25, 0.3) is 0 Å². The fourth-order valence-corrected chi connectivity index (χ4v) is 2.59. The lowest BCUT2D eigenvalue weighted by Gasteiger charge is -2.17. The summed E-state index contributed by atoms with van der Waals surface area (Å²) in [4.78, 5) is 14.0. The Labute approximate surface area is 139 Å². The lowest BCUT2D eigenvalue weighted by Crippen LogP contribution is -2.29. The number of amides is 1. The fourth-order valence-electron chi connectivity index (χ4n) is 2.40. The van der Waals surface area contributed by atoms with Crippen molar-refractivity contribution in [3.8, 4) is 11.5 Å². The second kappa shape index (κ2) is 6.89. The van der Waals surface area contributed by atoms with Crippen molar-refractivity contribution in [3.05, 3.63) is 53.1 Å². The summed E-state index contributed by atoms with van der Waals surface area (Å²) >= 11 is 6.03. The molecule has 2 aromatic rings. The minimum absolute atomic E-state index is 0.110. The van der Waals surface area contributed by atoms with Gasteiger partial charge in [-0.1, -0.05) is 29.8 Å². The number of nitrogens with one attached hydrogen (secondary N) is 1. The molecule has 0 unspecified atom stereocenters. The number of carbonyl (C=O) groups is 1. The molecule has 1 heterocycles. The van der Waals surface area contributed by atoms with Crippen LogP contribution in [-0.2, 0) is 11.3 Å². The maximum atomic E-state index is 12.1. The average Bonchev–Trinajstić information content (AvgIpc) is 2.97. The van der Waals surface area contributed by atoms with Gasteiger partial charge in [-0.3, -0.25) is 9.69 Å². The summed E-state index contributed by atoms with van der Waals surface area (Å²) in [5.74, 6) is 1.39. The molecule has 3 rings (SSSR count). The number of ether oxygens (including phenoxy) is 2. The van der Waals surface area contributed by atoms with Crippen molar-refractivity contribution in [1.82, 2.24) is 4.90 Å². The molecule has 23 heavy (non-hydrogen) atoms. The molecule has 1 aliphatic heterocycles. The summed E-state index contributed by atoms with van der Waals surface area (Å²) in [6.45, 7) is 1.15. The molecular formula is C17H17ClN2O3. The third-order valence-corrected chi connectivity index (χ3v) is 3.78. The number of nitrogens with zero attached hydrogens (tertiary/aromatic N) is 1. The van der Waals surface area contributed by atoms with Gasteiger partial charge in [0.1, 0.15) is 0 Å². The smallest absolute Gasteiger partial charge is 0.238 e. The van der Waals surface area contributed by atoms with Crippen LogP contribution in [0.5, 0.6) is 11.5 Å². The van der Waals surface area contributed by atoms with Crippen molar-refractivity contribution in [2.45, 2.75) is 6.54 Å². The van der Waals surface area contributed by atoms with Crippen molar-refractivity contribution >= 4 is 23.2 Å². The zero-order valence-electron chi connectivity index (χ0n) is 12.7. The van der Waals surface area contributed by atoms with E-state index in [1.165, 1.54) is 0 Å². The monoisotopic (exact) mass is 332 g/mol. The molecule has 0 atom stereocenters. The lowest BCUT2D eigenvalue weighted by molar-refractivity contribution is -0.117. The Hall–Kier alpha value is -2.24. The highest BCUT2D eigenvalue weighted by Crippen LogP contribution is 2.32. The molecule has 0 bridgehead atoms. The second-order valence-electron chi connectivity index (χ2n) is 5.39. The van der Waals surface area contributed by atoms with Gasteiger partial charge < -0.3 is 14.8 Å². The Morgan fingerprint density at radius 2 is 2.00 bits per heavy atom. The first-order valence-corrected chi connectivity index (χ1v) is 7.61. The summed E-state index contributed by atoms with van der Waals surface area (Å²) in [5, 5.41) is 3.34. The molecule has 0 aliphatic carbocycles. The summed E-state index contributed by atoms with van der Waals surface area (Å²) in [6.07, 6.45) is 0. The van der Waals surface area contributed by atoms with Gasteiger partial charge in [-0.25, -0.2) is 0 Å². The number of likely N-dealkylation sites (N-methyl/N-ethyl adjacent to an activating group) is 1. The number of anilines is 1. The highest BCUT2D eigenvalue weighted by atomic mass is 35.5. The third-order valence-electron chi connectivity index (χ3n) is 3.45. The molecule has 0 fully saturated rings. The molecule has 2 aromatic carbocycles. The average molecular weight is 333 g/mol. The van der Waals surface area contributed by atoms with E-state index in [2.05, 4.69) is 5.32 Å². The Morgan fingerprint density at radius 3 is 2.83 bits per heavy atom. The summed E-state index contributed by atoms with van der Waals surface area (Å²) in [6, 6.07) is 13.0. The summed E-state index contributed by atoms with van der Waals surface area (Å²) in [7, 11) is 1.89. The first-order chi connectivity index (χ1) is 11.1. The van der Waals surface area contributed by atoms with Gasteiger partial charge in [-0.15, -0.1) is 0 Å². The molecule has 1 aliphatic rings. The van der Waals surface area contributed by atoms with Crippen LogP contribution in [0, 0.1) is 0 Å². The van der Waals surface area contributed by atoms with E-state index in [4.69, 9.17) is 21.1 Å². The van der Waals surface area contributed by atoms with E-state index in [-0.39, 0.29) is 19.2 Å². The number of halogens is 1. The highest BCUT2D eigenvalue weighted by Gasteiger charge is 2.14. The van der Waals surface area contributed by atoms with Gasteiger partial charge in [0.2, 0.25) is 12.7 Å². The maximum absolute atomic E-state index is 12.1. The Kier molecular flexibility index (Phi) is 4.69. The quantitative estimate of drug-likeness (QED) is 0.914. The van der Waals surface area contributed by atoms with E-state index in [9.17, 15) is 4.79 Å². The molecule has 1 amide bonds. The van der Waals surface area contributed by atoms with E-state index in [1.807, 2.05) is 42.3 Å². The highest BCUT2D eigenvalue weighted by molar-refractivity contribution is 6.33. The van der Waals surface area contributed by atoms with Crippen LogP contribution in [0.25, 0.3) is 0 Å². The van der Waals surface area contributed by atoms with Crippen molar-refractivity contribution in [2.75, 3.05) is 25.7 Å². The maximum Gasteiger partial charge on any atom is 0.238 e. The molecule has 120 valence electrons. The summed E-state index contributed by atoms with van der Waals surface area (Å²) in [5.41, 5.74) is 1.68. The van der Waals surface area contributed by atoms with Crippen molar-refractivity contribution in [3.63, 3.8) is 0 Å². The van der Waals surface area contributed by atoms with Crippen LogP contribution in [-0.4, -0.2) is 31.2 Å². The van der Waals surface area contributed by atoms with Crippen LogP contribution in [0.1, 0.15) is 5.56 Å². The molecule has 5 nitrogen and oxygen atoms in total. The van der Waals surface area contributed by atoms with E-state index >= 15 is 0 Å². The SMILES string of the molecule is CN(CC(=O)Nc1ccccc1Cl)Cc1ccc2c(c1)OCO2. The van der Waals surface area contributed by atoms with Crippen LogP contribution in [0.3, 0.4) is 0 Å². The van der Waals surface area contributed by atoms with Gasteiger partial charge in [-0.05, 0) is 36.9 Å². The van der Waals surface area contributed by atoms with E-state index in [0.29, 0.717) is 17.3 Å². The fraction of sp³-hybridized carbons (Fsp3) is 0.235. The van der Waals surface area contributed by atoms with Crippen LogP contribution >= 0.6 is 11.6 Å². The number of hydrogen-bond acceptors (Lipinski definition) is 4. The molecular weight excluding hydrogens is 316 g/mol. The Balaban J connectivity index is 1.55. The van der Waals surface area contributed by atoms with Crippen LogP contribution in [0.2, 0.25) is 5.02 Å². The molecule has 0 saturated heterocycles. The van der Waals surface area contributed by atoms with E-state index < -0.39 is 0 Å². The van der Waals surface area contributed by atoms with Crippen molar-refractivity contribution in [2.24, 2.45) is 0 Å². The molecule has 0 spiro atoms. The molecule has 0 radical (unpaired) electrons. The zero-order valence-corrected chi connectivity index (χ0v) is 13.5. The predicted octanol–water partition coefficient (Wildman–Crippen LogP) is 3.14. The van der Waals surface area contributed by atoms with Gasteiger partial charge in [0.05, 0.1) is 17.3 Å². The number of hydrogen-bond donors (Lipinski definition) is 1. The molecule has 0 aromatic heterocycles. The summed E-state index contributed by atoms with van der Waals surface area (Å²) < 4.78 is 10.6. The first kappa shape index (κ1) is 15.6. The number of benzene rings is 2. The lowest BCUT2D eigenvalue weighted by atomic mass is 10.2. The Morgan fingerprint density at radius 1 is 1.22 bits per heavy atom. The minimum atomic E-state index is -0.110. The molecule has 6 heteroatoms. The third kappa shape index (κ3) is 3.94. The number of fused-ring (bicyclic) bond motifs is 1. The van der Waals surface area contributed by atoms with Crippen LogP contribution in [0.15, 0.2) is 42.5 Å². The number of carbonyl (C=O) groups excluding carboxylic acids is 1. The number of rotatable bonds is 5. The van der Waals surface area contributed by atoms with E-state index in [0.717, 1.165) is 17.1 Å². The van der Waals surface area contributed by atoms with E-state index in [1.54, 1.807) is 12.1 Å². The van der Waals surface area contributed by atoms with Gasteiger partial charge >= 0.3 is 0 Å². The normalized spacial score (nSPS) is 12.5. The first-order valence-electron chi connectivity index (χ1n) is 7.23. The molecule has 0 saturated carbocycles. The zero-order chi connectivity index (χ0) is 16.2. The van der Waals surface area contributed by atoms with Crippen LogP contribution in [0.4, 0.5) is 5.69 Å². The van der Waals surface area contributed by atoms with Crippen molar-refractivity contribution < 1.29 is 14.3 Å². The van der Waals surface area contributed by atoms with Crippen LogP contribution < -0.4 is 14.8 Å². The van der Waals surface area contributed by atoms with Gasteiger partial charge in [-0.2, -0.15) is 0 Å². The second-order valence-corrected chi connectivity index (χ2v) is 5.80. The molecule has 1 N–H and O–H groups in total. The Bertz CT molecular complexity index is 721. The van der Waals surface area contributed by atoms with Gasteiger partial charge in [0.15, 0.2) is 11.5 Å². The number of para-hydroxylation sites is 1.